The number of carbonyl (C=O) groups excluding carboxylic acids is 1. The molecule has 8 heteroatoms. The van der Waals surface area contributed by atoms with Gasteiger partial charge in [0.15, 0.2) is 5.82 Å². The van der Waals surface area contributed by atoms with Crippen LogP contribution in [0.5, 0.6) is 0 Å². The summed E-state index contributed by atoms with van der Waals surface area (Å²) >= 11 is 0. The van der Waals surface area contributed by atoms with E-state index in [4.69, 9.17) is 4.52 Å². The van der Waals surface area contributed by atoms with Crippen LogP contribution in [-0.4, -0.2) is 11.2 Å². The van der Waals surface area contributed by atoms with Crippen molar-refractivity contribution >= 4 is 17.5 Å². The zero-order valence-electron chi connectivity index (χ0n) is 17.1. The highest BCUT2D eigenvalue weighted by molar-refractivity contribution is 5.99. The van der Waals surface area contributed by atoms with E-state index in [9.17, 15) is 18.0 Å². The molecule has 5 nitrogen and oxygen atoms in total. The Morgan fingerprint density at radius 1 is 0.935 bits per heavy atom. The molecule has 3 aromatic rings. The second-order valence-electron chi connectivity index (χ2n) is 7.81. The Morgan fingerprint density at radius 2 is 1.61 bits per heavy atom. The van der Waals surface area contributed by atoms with Gasteiger partial charge in [0.25, 0.3) is 0 Å². The molecule has 0 saturated carbocycles. The number of halogens is 3. The minimum Gasteiger partial charge on any atom is -0.359 e. The van der Waals surface area contributed by atoms with E-state index in [-0.39, 0.29) is 11.0 Å². The number of hydrogen-bond acceptors (Lipinski definition) is 3. The Balaban J connectivity index is 1.62. The lowest BCUT2D eigenvalue weighted by Gasteiger charge is -2.12. The van der Waals surface area contributed by atoms with Crippen LogP contribution in [0.3, 0.4) is 0 Å². The van der Waals surface area contributed by atoms with Crippen molar-refractivity contribution in [1.82, 2.24) is 5.16 Å². The van der Waals surface area contributed by atoms with Gasteiger partial charge in [-0.25, -0.2) is 4.79 Å². The molecule has 2 amide bonds. The van der Waals surface area contributed by atoms with Gasteiger partial charge in [0, 0.05) is 28.3 Å². The summed E-state index contributed by atoms with van der Waals surface area (Å²) in [5.74, 6) is 6.46. The van der Waals surface area contributed by atoms with Gasteiger partial charge in [-0.1, -0.05) is 43.8 Å². The number of benzene rings is 2. The fraction of sp³-hybridized carbons (Fsp3) is 0.217. The molecule has 0 saturated heterocycles. The van der Waals surface area contributed by atoms with Gasteiger partial charge >= 0.3 is 12.2 Å². The maximum absolute atomic E-state index is 12.8. The Morgan fingerprint density at radius 3 is 2.23 bits per heavy atom. The van der Waals surface area contributed by atoms with Crippen molar-refractivity contribution in [3.63, 3.8) is 0 Å². The summed E-state index contributed by atoms with van der Waals surface area (Å²) < 4.78 is 43.5. The van der Waals surface area contributed by atoms with E-state index < -0.39 is 17.8 Å². The number of hydrogen-bond donors (Lipinski definition) is 2. The first-order valence-electron chi connectivity index (χ1n) is 9.35. The summed E-state index contributed by atoms with van der Waals surface area (Å²) in [4.78, 5) is 12.1. The number of rotatable bonds is 2. The Hall–Kier alpha value is -3.73. The first-order chi connectivity index (χ1) is 14.5. The lowest BCUT2D eigenvalue weighted by Crippen LogP contribution is -2.19. The third-order valence-electron chi connectivity index (χ3n) is 4.17. The maximum Gasteiger partial charge on any atom is 0.416 e. The van der Waals surface area contributed by atoms with Crippen LogP contribution in [-0.2, 0) is 11.6 Å². The number of urea groups is 1. The minimum atomic E-state index is -4.41. The lowest BCUT2D eigenvalue weighted by atomic mass is 9.93. The Labute approximate surface area is 177 Å². The SMILES string of the molecule is CC(C)(C)c1cc(NC(=O)Nc2ccc(C#Cc3cccc(C(F)(F)F)c3)cc2)no1. The van der Waals surface area contributed by atoms with E-state index >= 15 is 0 Å². The van der Waals surface area contributed by atoms with Crippen LogP contribution in [0.15, 0.2) is 59.1 Å². The number of amides is 2. The van der Waals surface area contributed by atoms with Gasteiger partial charge in [-0.2, -0.15) is 13.2 Å². The number of aromatic nitrogens is 1. The average molecular weight is 427 g/mol. The second-order valence-corrected chi connectivity index (χ2v) is 7.81. The van der Waals surface area contributed by atoms with E-state index in [1.807, 2.05) is 20.8 Å². The predicted octanol–water partition coefficient (Wildman–Crippen LogP) is 6.03. The highest BCUT2D eigenvalue weighted by atomic mass is 19.4. The van der Waals surface area contributed by atoms with Crippen LogP contribution < -0.4 is 10.6 Å². The summed E-state index contributed by atoms with van der Waals surface area (Å²) in [5, 5.41) is 9.06. The molecule has 160 valence electrons. The summed E-state index contributed by atoms with van der Waals surface area (Å²) in [6, 6.07) is 12.6. The normalized spacial score (nSPS) is 11.4. The Bertz CT molecular complexity index is 1130. The molecular weight excluding hydrogens is 407 g/mol. The van der Waals surface area contributed by atoms with E-state index in [2.05, 4.69) is 27.6 Å². The molecule has 0 aliphatic carbocycles. The monoisotopic (exact) mass is 427 g/mol. The van der Waals surface area contributed by atoms with Gasteiger partial charge < -0.3 is 9.84 Å². The third kappa shape index (κ3) is 6.12. The summed E-state index contributed by atoms with van der Waals surface area (Å²) in [6.07, 6.45) is -4.41. The molecule has 3 rings (SSSR count). The summed E-state index contributed by atoms with van der Waals surface area (Å²) in [5.41, 5.74) is 0.399. The first kappa shape index (κ1) is 22.0. The largest absolute Gasteiger partial charge is 0.416 e. The molecule has 1 aromatic heterocycles. The van der Waals surface area contributed by atoms with Crippen molar-refractivity contribution in [2.24, 2.45) is 0 Å². The quantitative estimate of drug-likeness (QED) is 0.491. The first-order valence-corrected chi connectivity index (χ1v) is 9.35. The highest BCUT2D eigenvalue weighted by Crippen LogP contribution is 2.29. The van der Waals surface area contributed by atoms with Crippen LogP contribution in [0.2, 0.25) is 0 Å². The van der Waals surface area contributed by atoms with Gasteiger partial charge in [0.05, 0.1) is 5.56 Å². The molecule has 0 aliphatic heterocycles. The molecule has 2 N–H and O–H groups in total. The molecule has 0 radical (unpaired) electrons. The van der Waals surface area contributed by atoms with Gasteiger partial charge in [0.2, 0.25) is 0 Å². The molecule has 0 bridgehead atoms. The van der Waals surface area contributed by atoms with E-state index in [0.717, 1.165) is 12.1 Å². The van der Waals surface area contributed by atoms with Crippen LogP contribution in [0.25, 0.3) is 0 Å². The topological polar surface area (TPSA) is 67.2 Å². The zero-order chi connectivity index (χ0) is 22.6. The van der Waals surface area contributed by atoms with Crippen molar-refractivity contribution < 1.29 is 22.5 Å². The van der Waals surface area contributed by atoms with E-state index in [1.54, 1.807) is 30.3 Å². The maximum atomic E-state index is 12.8. The van der Waals surface area contributed by atoms with Gasteiger partial charge in [-0.05, 0) is 42.5 Å². The van der Waals surface area contributed by atoms with Crippen LogP contribution >= 0.6 is 0 Å². The molecular formula is C23H20F3N3O2. The fourth-order valence-electron chi connectivity index (χ4n) is 2.52. The van der Waals surface area contributed by atoms with Crippen molar-refractivity contribution in [1.29, 1.82) is 0 Å². The van der Waals surface area contributed by atoms with Crippen LogP contribution in [0.1, 0.15) is 43.2 Å². The van der Waals surface area contributed by atoms with Crippen molar-refractivity contribution in [2.45, 2.75) is 32.4 Å². The minimum absolute atomic E-state index is 0.228. The van der Waals surface area contributed by atoms with Crippen molar-refractivity contribution in [2.75, 3.05) is 10.6 Å². The number of alkyl halides is 3. The lowest BCUT2D eigenvalue weighted by molar-refractivity contribution is -0.137. The molecule has 0 aliphatic rings. The van der Waals surface area contributed by atoms with Crippen molar-refractivity contribution in [3.05, 3.63) is 77.0 Å². The van der Waals surface area contributed by atoms with E-state index in [1.165, 1.54) is 12.1 Å². The number of nitrogens with one attached hydrogen (secondary N) is 2. The molecule has 0 atom stereocenters. The number of nitrogens with zero attached hydrogens (tertiary/aromatic N) is 1. The molecule has 0 fully saturated rings. The van der Waals surface area contributed by atoms with Gasteiger partial charge in [-0.3, -0.25) is 5.32 Å². The number of anilines is 2. The summed E-state index contributed by atoms with van der Waals surface area (Å²) in [7, 11) is 0. The van der Waals surface area contributed by atoms with E-state index in [0.29, 0.717) is 22.8 Å². The fourth-order valence-corrected chi connectivity index (χ4v) is 2.52. The third-order valence-corrected chi connectivity index (χ3v) is 4.17. The van der Waals surface area contributed by atoms with Crippen LogP contribution in [0.4, 0.5) is 29.5 Å². The Kier molecular flexibility index (Phi) is 6.07. The van der Waals surface area contributed by atoms with Crippen LogP contribution in [0, 0.1) is 11.8 Å². The molecule has 0 unspecified atom stereocenters. The molecule has 31 heavy (non-hydrogen) atoms. The smallest absolute Gasteiger partial charge is 0.359 e. The average Bonchev–Trinajstić information content (AvgIpc) is 3.16. The molecule has 1 heterocycles. The highest BCUT2D eigenvalue weighted by Gasteiger charge is 2.30. The molecule has 0 spiro atoms. The van der Waals surface area contributed by atoms with Crippen molar-refractivity contribution in [3.8, 4) is 11.8 Å². The summed E-state index contributed by atoms with van der Waals surface area (Å²) in [6.45, 7) is 5.90. The van der Waals surface area contributed by atoms with Gasteiger partial charge in [0.1, 0.15) is 5.76 Å². The second kappa shape index (κ2) is 8.56. The predicted molar refractivity (Wildman–Crippen MR) is 112 cm³/mol. The number of carbonyl (C=O) groups is 1. The van der Waals surface area contributed by atoms with Gasteiger partial charge in [-0.15, -0.1) is 0 Å². The standard InChI is InChI=1S/C23H20F3N3O2/c1-22(2,3)19-14-20(29-31-19)28-21(30)27-18-11-9-15(10-12-18)7-8-16-5-4-6-17(13-16)23(24,25)26/h4-6,9-14H,1-3H3,(H2,27,28,29,30). The molecule has 2 aromatic carbocycles. The zero-order valence-corrected chi connectivity index (χ0v) is 17.1.